The smallest absolute Gasteiger partial charge is 0.110 e. The summed E-state index contributed by atoms with van der Waals surface area (Å²) in [5, 5.41) is 0. The van der Waals surface area contributed by atoms with Crippen LogP contribution in [0.1, 0.15) is 17.0 Å². The van der Waals surface area contributed by atoms with Gasteiger partial charge in [-0.2, -0.15) is 0 Å². The van der Waals surface area contributed by atoms with Gasteiger partial charge < -0.3 is 4.57 Å². The molecule has 4 rings (SSSR count). The molecule has 0 aliphatic carbocycles. The van der Waals surface area contributed by atoms with Crippen molar-refractivity contribution < 1.29 is 0 Å². The molecule has 4 aromatic rings. The molecule has 0 saturated heterocycles. The van der Waals surface area contributed by atoms with Gasteiger partial charge in [-0.25, -0.2) is 4.98 Å². The van der Waals surface area contributed by atoms with E-state index in [0.29, 0.717) is 0 Å². The van der Waals surface area contributed by atoms with E-state index in [9.17, 15) is 0 Å². The zero-order chi connectivity index (χ0) is 18.4. The summed E-state index contributed by atoms with van der Waals surface area (Å²) in [6, 6.07) is 27.2. The van der Waals surface area contributed by atoms with Gasteiger partial charge in [0.25, 0.3) is 0 Å². The molecule has 0 aliphatic rings. The number of rotatable bonds is 2. The van der Waals surface area contributed by atoms with Crippen molar-refractivity contribution in [3.05, 3.63) is 108 Å². The summed E-state index contributed by atoms with van der Waals surface area (Å²) in [7, 11) is 0. The molecule has 0 bridgehead atoms. The Bertz CT molecular complexity index is 954. The predicted octanol–water partition coefficient (Wildman–Crippen LogP) is 6.15. The van der Waals surface area contributed by atoms with Gasteiger partial charge in [0.2, 0.25) is 0 Å². The first-order valence-electron chi connectivity index (χ1n) is 8.84. The average Bonchev–Trinajstić information content (AvgIpc) is 3.12. The van der Waals surface area contributed by atoms with Crippen molar-refractivity contribution in [3.8, 4) is 16.8 Å². The number of benzene rings is 3. The molecule has 0 fully saturated rings. The van der Waals surface area contributed by atoms with Crippen LogP contribution >= 0.6 is 0 Å². The molecule has 0 aliphatic heterocycles. The van der Waals surface area contributed by atoms with Crippen LogP contribution in [0.3, 0.4) is 0 Å². The normalized spacial score (nSPS) is 10.1. The fraction of sp³-hybridized carbons (Fsp3) is 0.125. The van der Waals surface area contributed by atoms with Crippen molar-refractivity contribution in [2.45, 2.75) is 20.8 Å². The summed E-state index contributed by atoms with van der Waals surface area (Å²) < 4.78 is 2.06. The van der Waals surface area contributed by atoms with E-state index >= 15 is 0 Å². The van der Waals surface area contributed by atoms with E-state index in [1.54, 1.807) is 0 Å². The number of imidazole rings is 1. The maximum absolute atomic E-state index is 4.16. The largest absolute Gasteiger partial charge is 0.304 e. The average molecular weight is 340 g/mol. The van der Waals surface area contributed by atoms with Gasteiger partial charge in [-0.3, -0.25) is 0 Å². The molecule has 0 N–H and O–H groups in total. The molecule has 26 heavy (non-hydrogen) atoms. The van der Waals surface area contributed by atoms with E-state index in [1.807, 2.05) is 37.5 Å². The van der Waals surface area contributed by atoms with Crippen LogP contribution in [-0.2, 0) is 0 Å². The third-order valence-corrected chi connectivity index (χ3v) is 4.55. The van der Waals surface area contributed by atoms with Crippen molar-refractivity contribution in [3.63, 3.8) is 0 Å². The maximum Gasteiger partial charge on any atom is 0.110 e. The Kier molecular flexibility index (Phi) is 5.65. The molecule has 0 radical (unpaired) electrons. The molecule has 130 valence electrons. The first-order valence-corrected chi connectivity index (χ1v) is 8.84. The van der Waals surface area contributed by atoms with Gasteiger partial charge in [0.1, 0.15) is 5.82 Å². The number of para-hydroxylation sites is 1. The number of aryl methyl sites for hydroxylation is 2. The summed E-state index contributed by atoms with van der Waals surface area (Å²) in [5.74, 6) is 1.02. The van der Waals surface area contributed by atoms with Gasteiger partial charge >= 0.3 is 0 Å². The lowest BCUT2D eigenvalue weighted by molar-refractivity contribution is 0.975. The first-order chi connectivity index (χ1) is 12.7. The number of hydrogen-bond donors (Lipinski definition) is 0. The lowest BCUT2D eigenvalue weighted by Gasteiger charge is -2.07. The van der Waals surface area contributed by atoms with E-state index in [2.05, 4.69) is 84.1 Å². The minimum absolute atomic E-state index is 1.02. The zero-order valence-electron chi connectivity index (χ0n) is 15.6. The van der Waals surface area contributed by atoms with Crippen LogP contribution in [0.5, 0.6) is 0 Å². The molecule has 0 unspecified atom stereocenters. The third kappa shape index (κ3) is 4.09. The van der Waals surface area contributed by atoms with Crippen LogP contribution in [0.4, 0.5) is 0 Å². The lowest BCUT2D eigenvalue weighted by atomic mass is 9.97. The molecule has 0 saturated carbocycles. The van der Waals surface area contributed by atoms with Crippen LogP contribution in [0.2, 0.25) is 0 Å². The summed E-state index contributed by atoms with van der Waals surface area (Å²) >= 11 is 0. The highest BCUT2D eigenvalue weighted by molar-refractivity contribution is 5.68. The molecule has 2 heteroatoms. The Labute approximate surface area is 155 Å². The van der Waals surface area contributed by atoms with Crippen molar-refractivity contribution >= 4 is 0 Å². The highest BCUT2D eigenvalue weighted by Crippen LogP contribution is 2.24. The van der Waals surface area contributed by atoms with E-state index in [-0.39, 0.29) is 0 Å². The fourth-order valence-electron chi connectivity index (χ4n) is 2.92. The molecule has 0 spiro atoms. The Hall–Kier alpha value is -3.13. The van der Waals surface area contributed by atoms with E-state index in [0.717, 1.165) is 11.5 Å². The summed E-state index contributed by atoms with van der Waals surface area (Å²) in [5.41, 5.74) is 6.52. The lowest BCUT2D eigenvalue weighted by Crippen LogP contribution is -1.93. The van der Waals surface area contributed by atoms with Crippen molar-refractivity contribution in [2.75, 3.05) is 0 Å². The summed E-state index contributed by atoms with van der Waals surface area (Å²) in [4.78, 5) is 4.16. The Balaban J connectivity index is 0.000000152. The highest BCUT2D eigenvalue weighted by atomic mass is 15.1. The SMILES string of the molecule is Cc1cccc(-c2ccccc2)c1C.Cc1nccn1-c1ccccc1. The van der Waals surface area contributed by atoms with Crippen LogP contribution < -0.4 is 0 Å². The van der Waals surface area contributed by atoms with E-state index in [1.165, 1.54) is 22.3 Å². The maximum atomic E-state index is 4.16. The molecular formula is C24H24N2. The molecule has 1 aromatic heterocycles. The van der Waals surface area contributed by atoms with Crippen molar-refractivity contribution in [1.29, 1.82) is 0 Å². The Morgan fingerprint density at radius 2 is 1.35 bits per heavy atom. The van der Waals surface area contributed by atoms with Crippen molar-refractivity contribution in [1.82, 2.24) is 9.55 Å². The molecule has 0 atom stereocenters. The molecule has 2 nitrogen and oxygen atoms in total. The number of hydrogen-bond acceptors (Lipinski definition) is 1. The Morgan fingerprint density at radius 1 is 0.692 bits per heavy atom. The van der Waals surface area contributed by atoms with E-state index < -0.39 is 0 Å². The molecule has 3 aromatic carbocycles. The number of aromatic nitrogens is 2. The van der Waals surface area contributed by atoms with Gasteiger partial charge in [0, 0.05) is 18.1 Å². The van der Waals surface area contributed by atoms with Gasteiger partial charge in [-0.15, -0.1) is 0 Å². The second kappa shape index (κ2) is 8.30. The fourth-order valence-corrected chi connectivity index (χ4v) is 2.92. The van der Waals surface area contributed by atoms with Crippen LogP contribution in [-0.4, -0.2) is 9.55 Å². The van der Waals surface area contributed by atoms with Crippen LogP contribution in [0.15, 0.2) is 91.3 Å². The van der Waals surface area contributed by atoms with E-state index in [4.69, 9.17) is 0 Å². The minimum atomic E-state index is 1.02. The molecule has 0 amide bonds. The summed E-state index contributed by atoms with van der Waals surface area (Å²) in [6.45, 7) is 6.33. The van der Waals surface area contributed by atoms with Gasteiger partial charge in [-0.1, -0.05) is 66.7 Å². The van der Waals surface area contributed by atoms with Gasteiger partial charge in [-0.05, 0) is 55.2 Å². The van der Waals surface area contributed by atoms with Crippen molar-refractivity contribution in [2.24, 2.45) is 0 Å². The molecular weight excluding hydrogens is 316 g/mol. The predicted molar refractivity (Wildman–Crippen MR) is 110 cm³/mol. The highest BCUT2D eigenvalue weighted by Gasteiger charge is 2.01. The van der Waals surface area contributed by atoms with Crippen LogP contribution in [0.25, 0.3) is 16.8 Å². The monoisotopic (exact) mass is 340 g/mol. The topological polar surface area (TPSA) is 17.8 Å². The minimum Gasteiger partial charge on any atom is -0.304 e. The third-order valence-electron chi connectivity index (χ3n) is 4.55. The van der Waals surface area contributed by atoms with Crippen LogP contribution in [0, 0.1) is 20.8 Å². The summed E-state index contributed by atoms with van der Waals surface area (Å²) in [6.07, 6.45) is 3.77. The second-order valence-corrected chi connectivity index (χ2v) is 6.29. The quantitative estimate of drug-likeness (QED) is 0.428. The van der Waals surface area contributed by atoms with Gasteiger partial charge in [0.15, 0.2) is 0 Å². The standard InChI is InChI=1S/C14H14.C10H10N2/c1-11-7-6-10-14(12(11)2)13-8-4-3-5-9-13;1-9-11-7-8-12(9)10-5-3-2-4-6-10/h3-10H,1-2H3;2-8H,1H3. The molecule has 1 heterocycles. The van der Waals surface area contributed by atoms with Gasteiger partial charge in [0.05, 0.1) is 0 Å². The Morgan fingerprint density at radius 3 is 1.96 bits per heavy atom. The zero-order valence-corrected chi connectivity index (χ0v) is 15.6. The number of nitrogens with zero attached hydrogens (tertiary/aromatic N) is 2. The second-order valence-electron chi connectivity index (χ2n) is 6.29. The first kappa shape index (κ1) is 17.7.